The molecule has 1 fully saturated rings. The maximum Gasteiger partial charge on any atom is 0.150 e. The van der Waals surface area contributed by atoms with Gasteiger partial charge in [0.1, 0.15) is 41.8 Å². The second-order valence-electron chi connectivity index (χ2n) is 9.22. The Morgan fingerprint density at radius 2 is 1.89 bits per heavy atom. The minimum atomic E-state index is -0.598. The third-order valence-electron chi connectivity index (χ3n) is 6.79. The summed E-state index contributed by atoms with van der Waals surface area (Å²) in [6.45, 7) is 4.48. The van der Waals surface area contributed by atoms with Crippen molar-refractivity contribution in [3.05, 3.63) is 88.7 Å². The van der Waals surface area contributed by atoms with Gasteiger partial charge in [-0.1, -0.05) is 18.2 Å². The highest BCUT2D eigenvalue weighted by Crippen LogP contribution is 2.47. The van der Waals surface area contributed by atoms with Crippen LogP contribution < -0.4 is 9.47 Å². The predicted octanol–water partition coefficient (Wildman–Crippen LogP) is 5.75. The molecule has 0 unspecified atom stereocenters. The quantitative estimate of drug-likeness (QED) is 0.459. The number of nitriles is 1. The van der Waals surface area contributed by atoms with Crippen LogP contribution in [-0.4, -0.2) is 42.9 Å². The summed E-state index contributed by atoms with van der Waals surface area (Å²) >= 11 is 0. The van der Waals surface area contributed by atoms with Gasteiger partial charge in [0.15, 0.2) is 0 Å². The number of benzene rings is 3. The van der Waals surface area contributed by atoms with Crippen molar-refractivity contribution in [3.8, 4) is 23.3 Å². The Hall–Kier alpha value is -3.89. The second-order valence-corrected chi connectivity index (χ2v) is 9.22. The number of nitrogens with zero attached hydrogens (tertiary/aromatic N) is 2. The normalized spacial score (nSPS) is 17.7. The molecule has 5 rings (SSSR count). The van der Waals surface area contributed by atoms with Crippen molar-refractivity contribution in [2.24, 2.45) is 5.92 Å². The number of fused-ring (bicyclic) bond motifs is 1. The zero-order valence-electron chi connectivity index (χ0n) is 19.9. The summed E-state index contributed by atoms with van der Waals surface area (Å²) < 4.78 is 39.4. The van der Waals surface area contributed by atoms with E-state index < -0.39 is 11.9 Å². The van der Waals surface area contributed by atoms with Crippen molar-refractivity contribution in [2.45, 2.75) is 13.0 Å². The Morgan fingerprint density at radius 1 is 1.11 bits per heavy atom. The van der Waals surface area contributed by atoms with Crippen molar-refractivity contribution in [3.63, 3.8) is 0 Å². The lowest BCUT2D eigenvalue weighted by molar-refractivity contribution is 0.0668. The van der Waals surface area contributed by atoms with Crippen LogP contribution in [0.15, 0.2) is 60.7 Å². The second kappa shape index (κ2) is 10.00. The Labute approximate surface area is 208 Å². The van der Waals surface area contributed by atoms with Gasteiger partial charge in [0.2, 0.25) is 0 Å². The SMILES string of the molecule is CC1=C(c2ccc(C#N)c(F)c2)[C@@H](c2ccc(OCCN3CC(CF)C3)cc2)Oc2ccc(O)cc21. The standard InChI is InChI=1S/C29H26F2N2O3/c1-18-25-13-23(34)6-9-27(25)36-29(28(18)21-2-3-22(15-32)26(31)12-21)20-4-7-24(8-5-20)35-11-10-33-16-19(14-30)17-33/h2-9,12-13,19,29,34H,10-11,14,16-17H2,1H3/t29-/m1/s1. The molecule has 0 saturated carbocycles. The van der Waals surface area contributed by atoms with E-state index >= 15 is 0 Å². The fourth-order valence-corrected chi connectivity index (χ4v) is 4.81. The van der Waals surface area contributed by atoms with Crippen molar-refractivity contribution >= 4 is 11.1 Å². The maximum atomic E-state index is 14.6. The van der Waals surface area contributed by atoms with E-state index in [-0.39, 0.29) is 23.9 Å². The number of ether oxygens (including phenoxy) is 2. The van der Waals surface area contributed by atoms with Gasteiger partial charge >= 0.3 is 0 Å². The minimum absolute atomic E-state index is 0.0248. The number of phenolic OH excluding ortho intramolecular Hbond substituents is 1. The fourth-order valence-electron chi connectivity index (χ4n) is 4.81. The highest BCUT2D eigenvalue weighted by atomic mass is 19.1. The molecule has 3 aromatic carbocycles. The third-order valence-corrected chi connectivity index (χ3v) is 6.79. The number of aromatic hydroxyl groups is 1. The molecule has 5 nitrogen and oxygen atoms in total. The topological polar surface area (TPSA) is 65.7 Å². The van der Waals surface area contributed by atoms with Crippen LogP contribution >= 0.6 is 0 Å². The summed E-state index contributed by atoms with van der Waals surface area (Å²) in [6.07, 6.45) is -0.526. The predicted molar refractivity (Wildman–Crippen MR) is 133 cm³/mol. The molecule has 2 aliphatic heterocycles. The molecule has 0 bridgehead atoms. The van der Waals surface area contributed by atoms with Gasteiger partial charge in [0.05, 0.1) is 12.2 Å². The highest BCUT2D eigenvalue weighted by Gasteiger charge is 2.30. The van der Waals surface area contributed by atoms with Gasteiger partial charge in [-0.15, -0.1) is 0 Å². The van der Waals surface area contributed by atoms with Crippen LogP contribution in [0.2, 0.25) is 0 Å². The molecule has 7 heteroatoms. The van der Waals surface area contributed by atoms with Crippen LogP contribution in [0.3, 0.4) is 0 Å². The van der Waals surface area contributed by atoms with Crippen LogP contribution in [0.4, 0.5) is 8.78 Å². The van der Waals surface area contributed by atoms with Gasteiger partial charge in [0, 0.05) is 36.7 Å². The molecule has 2 heterocycles. The molecule has 184 valence electrons. The van der Waals surface area contributed by atoms with Gasteiger partial charge in [-0.2, -0.15) is 5.26 Å². The van der Waals surface area contributed by atoms with Gasteiger partial charge in [-0.25, -0.2) is 4.39 Å². The fraction of sp³-hybridized carbons (Fsp3) is 0.276. The molecular weight excluding hydrogens is 462 g/mol. The van der Waals surface area contributed by atoms with Crippen molar-refractivity contribution in [2.75, 3.05) is 32.9 Å². The van der Waals surface area contributed by atoms with E-state index in [1.165, 1.54) is 12.1 Å². The smallest absolute Gasteiger partial charge is 0.150 e. The monoisotopic (exact) mass is 488 g/mol. The molecule has 0 aliphatic carbocycles. The van der Waals surface area contributed by atoms with Gasteiger partial charge in [-0.05, 0) is 66.1 Å². The number of halogens is 2. The first-order valence-electron chi connectivity index (χ1n) is 11.9. The summed E-state index contributed by atoms with van der Waals surface area (Å²) in [4.78, 5) is 2.17. The lowest BCUT2D eigenvalue weighted by Crippen LogP contribution is -2.49. The summed E-state index contributed by atoms with van der Waals surface area (Å²) in [5, 5.41) is 19.2. The first-order chi connectivity index (χ1) is 17.5. The largest absolute Gasteiger partial charge is 0.508 e. The van der Waals surface area contributed by atoms with Gasteiger partial charge in [0.25, 0.3) is 0 Å². The summed E-state index contributed by atoms with van der Waals surface area (Å²) in [7, 11) is 0. The molecule has 1 saturated heterocycles. The van der Waals surface area contributed by atoms with E-state index in [2.05, 4.69) is 4.90 Å². The van der Waals surface area contributed by atoms with Crippen molar-refractivity contribution in [1.29, 1.82) is 5.26 Å². The van der Waals surface area contributed by atoms with E-state index in [9.17, 15) is 13.9 Å². The Kier molecular flexibility index (Phi) is 6.62. The molecular formula is C29H26F2N2O3. The van der Waals surface area contributed by atoms with Crippen molar-refractivity contribution in [1.82, 2.24) is 4.90 Å². The number of allylic oxidation sites excluding steroid dienone is 1. The molecule has 3 aromatic rings. The number of phenols is 1. The average Bonchev–Trinajstić information content (AvgIpc) is 2.86. The molecule has 36 heavy (non-hydrogen) atoms. The molecule has 0 aromatic heterocycles. The molecule has 0 amide bonds. The Bertz CT molecular complexity index is 1340. The van der Waals surface area contributed by atoms with Crippen LogP contribution in [-0.2, 0) is 0 Å². The lowest BCUT2D eigenvalue weighted by atomic mass is 9.86. The number of hydrogen-bond donors (Lipinski definition) is 1. The zero-order chi connectivity index (χ0) is 25.2. The first-order valence-corrected chi connectivity index (χ1v) is 11.9. The van der Waals surface area contributed by atoms with E-state index in [4.69, 9.17) is 14.7 Å². The van der Waals surface area contributed by atoms with E-state index in [1.807, 2.05) is 37.3 Å². The molecule has 1 atom stereocenters. The molecule has 0 spiro atoms. The van der Waals surface area contributed by atoms with Crippen LogP contribution in [0.25, 0.3) is 11.1 Å². The lowest BCUT2D eigenvalue weighted by Gasteiger charge is -2.37. The minimum Gasteiger partial charge on any atom is -0.508 e. The zero-order valence-corrected chi connectivity index (χ0v) is 19.9. The van der Waals surface area contributed by atoms with E-state index in [0.717, 1.165) is 41.9 Å². The third kappa shape index (κ3) is 4.65. The van der Waals surface area contributed by atoms with E-state index in [0.29, 0.717) is 23.7 Å². The first kappa shape index (κ1) is 23.8. The Morgan fingerprint density at radius 3 is 2.58 bits per heavy atom. The Balaban J connectivity index is 1.41. The maximum absolute atomic E-state index is 14.6. The van der Waals surface area contributed by atoms with Crippen LogP contribution in [0.5, 0.6) is 17.2 Å². The average molecular weight is 489 g/mol. The summed E-state index contributed by atoms with van der Waals surface area (Å²) in [5.74, 6) is 1.01. The van der Waals surface area contributed by atoms with E-state index in [1.54, 1.807) is 24.3 Å². The number of likely N-dealkylation sites (tertiary alicyclic amines) is 1. The highest BCUT2D eigenvalue weighted by molar-refractivity contribution is 5.95. The van der Waals surface area contributed by atoms with Gasteiger partial charge in [-0.3, -0.25) is 9.29 Å². The summed E-state index contributed by atoms with van der Waals surface area (Å²) in [5.41, 5.74) is 3.77. The van der Waals surface area contributed by atoms with Crippen molar-refractivity contribution < 1.29 is 23.4 Å². The summed E-state index contributed by atoms with van der Waals surface area (Å²) in [6, 6.07) is 18.9. The van der Waals surface area contributed by atoms with Crippen LogP contribution in [0, 0.1) is 23.1 Å². The number of hydrogen-bond acceptors (Lipinski definition) is 5. The molecule has 0 radical (unpaired) electrons. The van der Waals surface area contributed by atoms with Crippen LogP contribution in [0.1, 0.15) is 35.3 Å². The molecule has 1 N–H and O–H groups in total. The number of alkyl halides is 1. The number of rotatable bonds is 7. The molecule has 2 aliphatic rings. The van der Waals surface area contributed by atoms with Gasteiger partial charge < -0.3 is 14.6 Å².